The molecule has 0 bridgehead atoms. The summed E-state index contributed by atoms with van der Waals surface area (Å²) in [4.78, 5) is 27.8. The summed E-state index contributed by atoms with van der Waals surface area (Å²) in [5.74, 6) is -0.391. The Kier molecular flexibility index (Phi) is 6.04. The van der Waals surface area contributed by atoms with Crippen LogP contribution in [0.5, 0.6) is 0 Å². The van der Waals surface area contributed by atoms with Gasteiger partial charge in [-0.15, -0.1) is 0 Å². The highest BCUT2D eigenvalue weighted by molar-refractivity contribution is 5.87. The fourth-order valence-electron chi connectivity index (χ4n) is 3.61. The third-order valence-corrected chi connectivity index (χ3v) is 5.15. The first-order valence-electron chi connectivity index (χ1n) is 9.04. The van der Waals surface area contributed by atoms with Gasteiger partial charge in [-0.2, -0.15) is 0 Å². The van der Waals surface area contributed by atoms with Crippen molar-refractivity contribution in [2.75, 3.05) is 45.9 Å². The van der Waals surface area contributed by atoms with Crippen LogP contribution in [0.15, 0.2) is 24.3 Å². The highest BCUT2D eigenvalue weighted by atomic mass is 16.5. The normalized spacial score (nSPS) is 21.9. The van der Waals surface area contributed by atoms with E-state index in [-0.39, 0.29) is 5.91 Å². The second kappa shape index (κ2) is 8.45. The molecule has 2 aliphatic rings. The molecule has 2 heterocycles. The molecule has 1 N–H and O–H groups in total. The SMILES string of the molecule is O=C(O)c1ccc(C2CCCN(C(=O)CCN3CCOCC3)C2)cc1. The molecule has 1 amide bonds. The van der Waals surface area contributed by atoms with Gasteiger partial charge in [0.05, 0.1) is 18.8 Å². The summed E-state index contributed by atoms with van der Waals surface area (Å²) in [6.07, 6.45) is 2.60. The third-order valence-electron chi connectivity index (χ3n) is 5.15. The van der Waals surface area contributed by atoms with Gasteiger partial charge in [0.2, 0.25) is 5.91 Å². The molecular weight excluding hydrogens is 320 g/mol. The van der Waals surface area contributed by atoms with Crippen LogP contribution in [0.1, 0.15) is 41.1 Å². The first kappa shape index (κ1) is 17.9. The number of carbonyl (C=O) groups excluding carboxylic acids is 1. The largest absolute Gasteiger partial charge is 0.478 e. The van der Waals surface area contributed by atoms with E-state index in [1.165, 1.54) is 0 Å². The quantitative estimate of drug-likeness (QED) is 0.881. The monoisotopic (exact) mass is 346 g/mol. The Morgan fingerprint density at radius 1 is 1.12 bits per heavy atom. The van der Waals surface area contributed by atoms with Gasteiger partial charge in [0.1, 0.15) is 0 Å². The van der Waals surface area contributed by atoms with Crippen LogP contribution in [0.25, 0.3) is 0 Å². The van der Waals surface area contributed by atoms with Gasteiger partial charge in [0, 0.05) is 45.1 Å². The van der Waals surface area contributed by atoms with Crippen molar-refractivity contribution in [3.05, 3.63) is 35.4 Å². The number of amides is 1. The molecule has 0 saturated carbocycles. The van der Waals surface area contributed by atoms with Gasteiger partial charge in [0.25, 0.3) is 0 Å². The number of carbonyl (C=O) groups is 2. The van der Waals surface area contributed by atoms with Crippen LogP contribution in [0.4, 0.5) is 0 Å². The van der Waals surface area contributed by atoms with Gasteiger partial charge in [-0.25, -0.2) is 4.79 Å². The molecule has 0 radical (unpaired) electrons. The van der Waals surface area contributed by atoms with Gasteiger partial charge in [-0.3, -0.25) is 9.69 Å². The van der Waals surface area contributed by atoms with Gasteiger partial charge < -0.3 is 14.7 Å². The number of carboxylic acids is 1. The number of benzene rings is 1. The number of likely N-dealkylation sites (tertiary alicyclic amines) is 1. The maximum atomic E-state index is 12.6. The minimum absolute atomic E-state index is 0.221. The summed E-state index contributed by atoms with van der Waals surface area (Å²) in [7, 11) is 0. The maximum absolute atomic E-state index is 12.6. The number of aromatic carboxylic acids is 1. The van der Waals surface area contributed by atoms with Crippen LogP contribution in [-0.2, 0) is 9.53 Å². The topological polar surface area (TPSA) is 70.1 Å². The molecule has 2 saturated heterocycles. The third kappa shape index (κ3) is 4.80. The van der Waals surface area contributed by atoms with Crippen LogP contribution in [-0.4, -0.2) is 72.7 Å². The van der Waals surface area contributed by atoms with Crippen molar-refractivity contribution >= 4 is 11.9 Å². The van der Waals surface area contributed by atoms with Crippen molar-refractivity contribution in [2.45, 2.75) is 25.2 Å². The Morgan fingerprint density at radius 3 is 2.52 bits per heavy atom. The minimum Gasteiger partial charge on any atom is -0.478 e. The van der Waals surface area contributed by atoms with Gasteiger partial charge >= 0.3 is 5.97 Å². The number of carboxylic acid groups (broad SMARTS) is 1. The van der Waals surface area contributed by atoms with Crippen molar-refractivity contribution in [1.82, 2.24) is 9.80 Å². The molecule has 6 nitrogen and oxygen atoms in total. The Labute approximate surface area is 148 Å². The van der Waals surface area contributed by atoms with Crippen LogP contribution in [0.2, 0.25) is 0 Å². The van der Waals surface area contributed by atoms with E-state index < -0.39 is 5.97 Å². The zero-order valence-electron chi connectivity index (χ0n) is 14.5. The smallest absolute Gasteiger partial charge is 0.335 e. The molecule has 25 heavy (non-hydrogen) atoms. The Bertz CT molecular complexity index is 596. The van der Waals surface area contributed by atoms with E-state index in [0.29, 0.717) is 17.9 Å². The highest BCUT2D eigenvalue weighted by Crippen LogP contribution is 2.27. The standard InChI is InChI=1S/C19H26N2O4/c22-18(7-9-20-10-12-25-13-11-20)21-8-1-2-17(14-21)15-3-5-16(6-4-15)19(23)24/h3-6,17H,1-2,7-14H2,(H,23,24). The Balaban J connectivity index is 1.53. The highest BCUT2D eigenvalue weighted by Gasteiger charge is 2.25. The molecular formula is C19H26N2O4. The number of hydrogen-bond acceptors (Lipinski definition) is 4. The molecule has 0 aliphatic carbocycles. The molecule has 1 aromatic rings. The molecule has 136 valence electrons. The van der Waals surface area contributed by atoms with Gasteiger partial charge in [0.15, 0.2) is 0 Å². The summed E-state index contributed by atoms with van der Waals surface area (Å²) < 4.78 is 5.34. The van der Waals surface area contributed by atoms with E-state index in [1.807, 2.05) is 17.0 Å². The number of ether oxygens (including phenoxy) is 1. The molecule has 6 heteroatoms. The van der Waals surface area contributed by atoms with E-state index in [9.17, 15) is 9.59 Å². The predicted octanol–water partition coefficient (Wildman–Crippen LogP) is 1.81. The summed E-state index contributed by atoms with van der Waals surface area (Å²) >= 11 is 0. The van der Waals surface area contributed by atoms with Crippen molar-refractivity contribution in [3.8, 4) is 0 Å². The van der Waals surface area contributed by atoms with Crippen molar-refractivity contribution < 1.29 is 19.4 Å². The first-order valence-corrected chi connectivity index (χ1v) is 9.04. The van der Waals surface area contributed by atoms with Gasteiger partial charge in [-0.1, -0.05) is 12.1 Å². The van der Waals surface area contributed by atoms with Gasteiger partial charge in [-0.05, 0) is 30.5 Å². The van der Waals surface area contributed by atoms with Crippen molar-refractivity contribution in [2.24, 2.45) is 0 Å². The van der Waals surface area contributed by atoms with E-state index in [0.717, 1.165) is 64.3 Å². The number of piperidine rings is 1. The van der Waals surface area contributed by atoms with E-state index >= 15 is 0 Å². The zero-order chi connectivity index (χ0) is 17.6. The van der Waals surface area contributed by atoms with Crippen LogP contribution >= 0.6 is 0 Å². The van der Waals surface area contributed by atoms with Crippen molar-refractivity contribution in [3.63, 3.8) is 0 Å². The molecule has 1 atom stereocenters. The average molecular weight is 346 g/mol. The lowest BCUT2D eigenvalue weighted by molar-refractivity contribution is -0.133. The summed E-state index contributed by atoms with van der Waals surface area (Å²) in [5.41, 5.74) is 1.42. The molecule has 0 spiro atoms. The Hall–Kier alpha value is -1.92. The second-order valence-corrected chi connectivity index (χ2v) is 6.81. The van der Waals surface area contributed by atoms with Crippen molar-refractivity contribution in [1.29, 1.82) is 0 Å². The van der Waals surface area contributed by atoms with E-state index in [2.05, 4.69) is 4.90 Å². The lowest BCUT2D eigenvalue weighted by Gasteiger charge is -2.34. The van der Waals surface area contributed by atoms with Crippen LogP contribution in [0.3, 0.4) is 0 Å². The average Bonchev–Trinajstić information content (AvgIpc) is 2.67. The second-order valence-electron chi connectivity index (χ2n) is 6.81. The number of hydrogen-bond donors (Lipinski definition) is 1. The van der Waals surface area contributed by atoms with Crippen LogP contribution < -0.4 is 0 Å². The lowest BCUT2D eigenvalue weighted by Crippen LogP contribution is -2.42. The molecule has 0 aromatic heterocycles. The number of rotatable bonds is 5. The molecule has 1 aromatic carbocycles. The molecule has 2 fully saturated rings. The van der Waals surface area contributed by atoms with E-state index in [4.69, 9.17) is 9.84 Å². The molecule has 3 rings (SSSR count). The lowest BCUT2D eigenvalue weighted by atomic mass is 9.90. The minimum atomic E-state index is -0.907. The first-order chi connectivity index (χ1) is 12.1. The summed E-state index contributed by atoms with van der Waals surface area (Å²) in [6.45, 7) is 5.69. The summed E-state index contributed by atoms with van der Waals surface area (Å²) in [6, 6.07) is 7.07. The van der Waals surface area contributed by atoms with Crippen LogP contribution in [0, 0.1) is 0 Å². The molecule has 2 aliphatic heterocycles. The Morgan fingerprint density at radius 2 is 1.84 bits per heavy atom. The molecule has 1 unspecified atom stereocenters. The fraction of sp³-hybridized carbons (Fsp3) is 0.579. The fourth-order valence-corrected chi connectivity index (χ4v) is 3.61. The number of nitrogens with zero attached hydrogens (tertiary/aromatic N) is 2. The maximum Gasteiger partial charge on any atom is 0.335 e. The summed E-state index contributed by atoms with van der Waals surface area (Å²) in [5, 5.41) is 9.00. The van der Waals surface area contributed by atoms with E-state index in [1.54, 1.807) is 12.1 Å². The predicted molar refractivity (Wildman–Crippen MR) is 93.8 cm³/mol. The zero-order valence-corrected chi connectivity index (χ0v) is 14.5. The number of morpholine rings is 1.